The summed E-state index contributed by atoms with van der Waals surface area (Å²) in [6, 6.07) is 4.75. The maximum absolute atomic E-state index is 13.3. The molecule has 0 spiro atoms. The quantitative estimate of drug-likeness (QED) is 0.892. The number of piperidine rings is 1. The van der Waals surface area contributed by atoms with E-state index in [9.17, 15) is 9.50 Å². The van der Waals surface area contributed by atoms with Gasteiger partial charge in [-0.2, -0.15) is 0 Å². The highest BCUT2D eigenvalue weighted by Crippen LogP contribution is 2.31. The third-order valence-corrected chi connectivity index (χ3v) is 4.09. The molecule has 1 saturated heterocycles. The van der Waals surface area contributed by atoms with Crippen molar-refractivity contribution in [3.8, 4) is 0 Å². The summed E-state index contributed by atoms with van der Waals surface area (Å²) in [5.74, 6) is 0.553. The molecule has 2 rings (SSSR count). The summed E-state index contributed by atoms with van der Waals surface area (Å²) in [5.41, 5.74) is 1.69. The van der Waals surface area contributed by atoms with E-state index >= 15 is 0 Å². The molecule has 0 saturated carbocycles. The van der Waals surface area contributed by atoms with Crippen molar-refractivity contribution < 1.29 is 9.50 Å². The molecule has 1 atom stereocenters. The van der Waals surface area contributed by atoms with Gasteiger partial charge in [0, 0.05) is 24.3 Å². The highest BCUT2D eigenvalue weighted by molar-refractivity contribution is 5.55. The molecule has 0 radical (unpaired) electrons. The van der Waals surface area contributed by atoms with E-state index in [4.69, 9.17) is 0 Å². The van der Waals surface area contributed by atoms with Gasteiger partial charge in [0.2, 0.25) is 0 Å². The van der Waals surface area contributed by atoms with E-state index in [0.29, 0.717) is 5.56 Å². The van der Waals surface area contributed by atoms with Crippen molar-refractivity contribution in [2.45, 2.75) is 45.6 Å². The largest absolute Gasteiger partial charge is 0.389 e. The van der Waals surface area contributed by atoms with Gasteiger partial charge in [0.15, 0.2) is 0 Å². The standard InChI is InChI=1S/C16H24FNO/c1-3-4-13-7-9-18(10-8-13)16-6-5-14(17)11-15(16)12(2)19/h5-6,11-13,19H,3-4,7-10H2,1-2H3. The number of hydrogen-bond donors (Lipinski definition) is 1. The fourth-order valence-electron chi connectivity index (χ4n) is 3.02. The smallest absolute Gasteiger partial charge is 0.123 e. The van der Waals surface area contributed by atoms with Crippen LogP contribution in [0.1, 0.15) is 51.2 Å². The summed E-state index contributed by atoms with van der Waals surface area (Å²) in [6.07, 6.45) is 4.33. The van der Waals surface area contributed by atoms with E-state index in [1.807, 2.05) is 0 Å². The first-order valence-electron chi connectivity index (χ1n) is 7.34. The molecule has 2 nitrogen and oxygen atoms in total. The zero-order valence-electron chi connectivity index (χ0n) is 11.9. The molecule has 0 aliphatic carbocycles. The highest BCUT2D eigenvalue weighted by atomic mass is 19.1. The Morgan fingerprint density at radius 1 is 1.37 bits per heavy atom. The Morgan fingerprint density at radius 3 is 2.63 bits per heavy atom. The van der Waals surface area contributed by atoms with Crippen molar-refractivity contribution in [3.05, 3.63) is 29.6 Å². The maximum atomic E-state index is 13.3. The Balaban J connectivity index is 2.11. The Hall–Kier alpha value is -1.09. The monoisotopic (exact) mass is 265 g/mol. The summed E-state index contributed by atoms with van der Waals surface area (Å²) in [5, 5.41) is 9.80. The second-order valence-electron chi connectivity index (χ2n) is 5.60. The lowest BCUT2D eigenvalue weighted by molar-refractivity contribution is 0.199. The first-order valence-corrected chi connectivity index (χ1v) is 7.34. The fourth-order valence-corrected chi connectivity index (χ4v) is 3.02. The number of benzene rings is 1. The Bertz CT molecular complexity index is 411. The van der Waals surface area contributed by atoms with Gasteiger partial charge in [-0.15, -0.1) is 0 Å². The second kappa shape index (κ2) is 6.38. The van der Waals surface area contributed by atoms with E-state index in [0.717, 1.165) is 24.7 Å². The van der Waals surface area contributed by atoms with Crippen molar-refractivity contribution in [1.82, 2.24) is 0 Å². The highest BCUT2D eigenvalue weighted by Gasteiger charge is 2.21. The molecule has 3 heteroatoms. The van der Waals surface area contributed by atoms with Crippen LogP contribution in [0.2, 0.25) is 0 Å². The average Bonchev–Trinajstić information content (AvgIpc) is 2.40. The summed E-state index contributed by atoms with van der Waals surface area (Å²) in [4.78, 5) is 2.29. The van der Waals surface area contributed by atoms with Gasteiger partial charge in [-0.25, -0.2) is 4.39 Å². The molecule has 0 bridgehead atoms. The van der Waals surface area contributed by atoms with Gasteiger partial charge >= 0.3 is 0 Å². The number of halogens is 1. The average molecular weight is 265 g/mol. The summed E-state index contributed by atoms with van der Waals surface area (Å²) >= 11 is 0. The summed E-state index contributed by atoms with van der Waals surface area (Å²) in [7, 11) is 0. The zero-order chi connectivity index (χ0) is 13.8. The van der Waals surface area contributed by atoms with Gasteiger partial charge < -0.3 is 10.0 Å². The lowest BCUT2D eigenvalue weighted by atomic mass is 9.91. The van der Waals surface area contributed by atoms with Gasteiger partial charge in [0.1, 0.15) is 5.82 Å². The molecule has 1 fully saturated rings. The summed E-state index contributed by atoms with van der Waals surface area (Å²) < 4.78 is 13.3. The molecule has 1 heterocycles. The van der Waals surface area contributed by atoms with Gasteiger partial charge in [-0.3, -0.25) is 0 Å². The number of anilines is 1. The van der Waals surface area contributed by atoms with Crippen LogP contribution in [0.25, 0.3) is 0 Å². The minimum atomic E-state index is -0.626. The minimum Gasteiger partial charge on any atom is -0.389 e. The molecule has 1 unspecified atom stereocenters. The van der Waals surface area contributed by atoms with Gasteiger partial charge in [0.25, 0.3) is 0 Å². The Labute approximate surface area is 115 Å². The molecule has 1 aliphatic rings. The molecule has 19 heavy (non-hydrogen) atoms. The van der Waals surface area contributed by atoms with Crippen LogP contribution in [0.5, 0.6) is 0 Å². The predicted octanol–water partition coefficient (Wildman–Crippen LogP) is 3.90. The van der Waals surface area contributed by atoms with Crippen molar-refractivity contribution in [2.24, 2.45) is 5.92 Å². The molecule has 1 aliphatic heterocycles. The SMILES string of the molecule is CCCC1CCN(c2ccc(F)cc2C(C)O)CC1. The van der Waals surface area contributed by atoms with E-state index in [1.54, 1.807) is 13.0 Å². The predicted molar refractivity (Wildman–Crippen MR) is 76.9 cm³/mol. The summed E-state index contributed by atoms with van der Waals surface area (Å²) in [6.45, 7) is 5.95. The first-order chi connectivity index (χ1) is 9.11. The Morgan fingerprint density at radius 2 is 2.05 bits per heavy atom. The van der Waals surface area contributed by atoms with Gasteiger partial charge in [0.05, 0.1) is 6.10 Å². The van der Waals surface area contributed by atoms with Crippen LogP contribution in [0.4, 0.5) is 10.1 Å². The van der Waals surface area contributed by atoms with Gasteiger partial charge in [-0.1, -0.05) is 19.8 Å². The van der Waals surface area contributed by atoms with E-state index in [1.165, 1.54) is 37.8 Å². The number of aliphatic hydroxyl groups is 1. The zero-order valence-corrected chi connectivity index (χ0v) is 11.9. The minimum absolute atomic E-state index is 0.277. The van der Waals surface area contributed by atoms with Crippen molar-refractivity contribution in [1.29, 1.82) is 0 Å². The van der Waals surface area contributed by atoms with Gasteiger partial charge in [-0.05, 0) is 43.9 Å². The van der Waals surface area contributed by atoms with Crippen LogP contribution in [-0.2, 0) is 0 Å². The number of hydrogen-bond acceptors (Lipinski definition) is 2. The van der Waals surface area contributed by atoms with E-state index in [-0.39, 0.29) is 5.82 Å². The molecular weight excluding hydrogens is 241 g/mol. The van der Waals surface area contributed by atoms with E-state index in [2.05, 4.69) is 11.8 Å². The molecule has 1 aromatic carbocycles. The second-order valence-corrected chi connectivity index (χ2v) is 5.60. The van der Waals surface area contributed by atoms with E-state index < -0.39 is 6.10 Å². The van der Waals surface area contributed by atoms with Crippen molar-refractivity contribution in [2.75, 3.05) is 18.0 Å². The lowest BCUT2D eigenvalue weighted by Crippen LogP contribution is -2.34. The third-order valence-electron chi connectivity index (χ3n) is 4.09. The van der Waals surface area contributed by atoms with Crippen LogP contribution in [0.15, 0.2) is 18.2 Å². The number of nitrogens with zero attached hydrogens (tertiary/aromatic N) is 1. The van der Waals surface area contributed by atoms with Crippen LogP contribution in [-0.4, -0.2) is 18.2 Å². The fraction of sp³-hybridized carbons (Fsp3) is 0.625. The number of aliphatic hydroxyl groups excluding tert-OH is 1. The van der Waals surface area contributed by atoms with Crippen LogP contribution in [0, 0.1) is 11.7 Å². The van der Waals surface area contributed by atoms with Crippen LogP contribution < -0.4 is 4.90 Å². The van der Waals surface area contributed by atoms with Crippen molar-refractivity contribution >= 4 is 5.69 Å². The molecule has 1 aromatic rings. The molecular formula is C16H24FNO. The molecule has 106 valence electrons. The Kier molecular flexibility index (Phi) is 4.81. The molecule has 1 N–H and O–H groups in total. The normalized spacial score (nSPS) is 18.6. The number of rotatable bonds is 4. The maximum Gasteiger partial charge on any atom is 0.123 e. The van der Waals surface area contributed by atoms with Crippen LogP contribution >= 0.6 is 0 Å². The molecule has 0 aromatic heterocycles. The lowest BCUT2D eigenvalue weighted by Gasteiger charge is -2.35. The molecule has 0 amide bonds. The van der Waals surface area contributed by atoms with Crippen molar-refractivity contribution in [3.63, 3.8) is 0 Å². The third kappa shape index (κ3) is 3.47. The topological polar surface area (TPSA) is 23.5 Å². The van der Waals surface area contributed by atoms with Crippen LogP contribution in [0.3, 0.4) is 0 Å². The first kappa shape index (κ1) is 14.3.